The first kappa shape index (κ1) is 29.8. The van der Waals surface area contributed by atoms with Crippen LogP contribution in [0.3, 0.4) is 0 Å². The number of carbonyl (C=O) groups excluding carboxylic acids is 3. The molecule has 1 atom stereocenters. The molecule has 3 aromatic rings. The number of benzene rings is 3. The van der Waals surface area contributed by atoms with Gasteiger partial charge in [0.2, 0.25) is 5.91 Å². The number of nitrogens with zero attached hydrogens (tertiary/aromatic N) is 3. The molecular formula is C35H37ClN4O4. The molecule has 0 bridgehead atoms. The fourth-order valence-electron chi connectivity index (χ4n) is 6.60. The molecule has 44 heavy (non-hydrogen) atoms. The molecule has 1 amide bonds. The van der Waals surface area contributed by atoms with E-state index in [0.29, 0.717) is 55.2 Å². The number of nitrogens with one attached hydrogen (secondary N) is 1. The minimum Gasteiger partial charge on any atom is -0.465 e. The second-order valence-corrected chi connectivity index (χ2v) is 12.9. The van der Waals surface area contributed by atoms with E-state index in [2.05, 4.69) is 29.0 Å². The number of ether oxygens (including phenoxy) is 1. The number of piperazine rings is 1. The van der Waals surface area contributed by atoms with Gasteiger partial charge in [-0.25, -0.2) is 4.79 Å². The van der Waals surface area contributed by atoms with Crippen LogP contribution < -0.4 is 15.1 Å². The monoisotopic (exact) mass is 612 g/mol. The zero-order chi connectivity index (χ0) is 31.0. The van der Waals surface area contributed by atoms with Crippen molar-refractivity contribution in [3.63, 3.8) is 0 Å². The molecule has 8 nitrogen and oxygen atoms in total. The van der Waals surface area contributed by atoms with E-state index < -0.39 is 12.0 Å². The quantitative estimate of drug-likeness (QED) is 0.349. The van der Waals surface area contributed by atoms with Crippen molar-refractivity contribution in [2.75, 3.05) is 55.0 Å². The predicted molar refractivity (Wildman–Crippen MR) is 173 cm³/mol. The first-order valence-corrected chi connectivity index (χ1v) is 15.4. The average molecular weight is 613 g/mol. The summed E-state index contributed by atoms with van der Waals surface area (Å²) in [5, 5.41) is 4.30. The molecule has 0 spiro atoms. The Balaban J connectivity index is 1.35. The van der Waals surface area contributed by atoms with Crippen molar-refractivity contribution in [2.24, 2.45) is 5.41 Å². The van der Waals surface area contributed by atoms with E-state index >= 15 is 0 Å². The van der Waals surface area contributed by atoms with Crippen LogP contribution >= 0.6 is 11.6 Å². The van der Waals surface area contributed by atoms with Crippen molar-refractivity contribution >= 4 is 46.3 Å². The summed E-state index contributed by atoms with van der Waals surface area (Å²) in [6, 6.07) is 22.3. The summed E-state index contributed by atoms with van der Waals surface area (Å²) < 4.78 is 4.91. The minimum atomic E-state index is -0.518. The van der Waals surface area contributed by atoms with Gasteiger partial charge < -0.3 is 24.8 Å². The normalized spacial score (nSPS) is 19.5. The largest absolute Gasteiger partial charge is 0.465 e. The Bertz CT molecular complexity index is 1610. The van der Waals surface area contributed by atoms with Crippen LogP contribution in [-0.2, 0) is 14.3 Å². The maximum absolute atomic E-state index is 14.0. The van der Waals surface area contributed by atoms with Gasteiger partial charge >= 0.3 is 5.97 Å². The highest BCUT2D eigenvalue weighted by atomic mass is 35.5. The molecule has 9 heteroatoms. The van der Waals surface area contributed by atoms with E-state index in [1.54, 1.807) is 12.1 Å². The molecule has 1 N–H and O–H groups in total. The lowest BCUT2D eigenvalue weighted by atomic mass is 9.73. The standard InChI is InChI=1S/C35H37ClN4O4/c1-35(2)20-28-32(30(41)21-35)33(23-8-10-24(11-9-23)34(43)44-3)40(29-7-5-4-6-27(29)37-28)22-31(42)39-18-16-38(17-19-39)26-14-12-25(36)13-15-26/h4-15,33,37H,16-22H2,1-3H3. The lowest BCUT2D eigenvalue weighted by Gasteiger charge is -2.40. The number of para-hydroxylation sites is 2. The number of allylic oxidation sites excluding steroid dienone is 1. The lowest BCUT2D eigenvalue weighted by molar-refractivity contribution is -0.130. The fraction of sp³-hybridized carbons (Fsp3) is 0.343. The van der Waals surface area contributed by atoms with E-state index in [1.165, 1.54) is 7.11 Å². The van der Waals surface area contributed by atoms with E-state index in [0.717, 1.165) is 28.3 Å². The molecule has 6 rings (SSSR count). The topological polar surface area (TPSA) is 82.2 Å². The zero-order valence-electron chi connectivity index (χ0n) is 25.3. The van der Waals surface area contributed by atoms with Crippen molar-refractivity contribution < 1.29 is 19.1 Å². The van der Waals surface area contributed by atoms with Crippen LogP contribution in [-0.4, -0.2) is 62.4 Å². The van der Waals surface area contributed by atoms with Crippen LogP contribution in [0.25, 0.3) is 0 Å². The zero-order valence-corrected chi connectivity index (χ0v) is 26.1. The van der Waals surface area contributed by atoms with Gasteiger partial charge in [-0.05, 0) is 65.9 Å². The third kappa shape index (κ3) is 5.91. The number of methoxy groups -OCH3 is 1. The van der Waals surface area contributed by atoms with Gasteiger partial charge in [0, 0.05) is 54.6 Å². The highest BCUT2D eigenvalue weighted by Crippen LogP contribution is 2.48. The molecule has 0 radical (unpaired) electrons. The molecule has 228 valence electrons. The molecule has 3 aliphatic rings. The fourth-order valence-corrected chi connectivity index (χ4v) is 6.73. The number of Topliss-reactive ketones (excluding diaryl/α,β-unsaturated/α-hetero) is 1. The van der Waals surface area contributed by atoms with Crippen molar-refractivity contribution in [3.8, 4) is 0 Å². The van der Waals surface area contributed by atoms with Crippen LogP contribution in [0.2, 0.25) is 5.02 Å². The molecule has 0 saturated carbocycles. The van der Waals surface area contributed by atoms with E-state index in [4.69, 9.17) is 16.3 Å². The minimum absolute atomic E-state index is 0.000576. The SMILES string of the molecule is COC(=O)c1ccc(C2C3=C(CC(C)(C)CC3=O)Nc3ccccc3N2CC(=O)N2CCN(c3ccc(Cl)cc3)CC2)cc1. The van der Waals surface area contributed by atoms with Gasteiger partial charge in [-0.3, -0.25) is 9.59 Å². The Morgan fingerprint density at radius 1 is 0.932 bits per heavy atom. The Morgan fingerprint density at radius 2 is 1.61 bits per heavy atom. The number of halogens is 1. The van der Waals surface area contributed by atoms with Crippen molar-refractivity contribution in [2.45, 2.75) is 32.7 Å². The molecule has 1 aliphatic carbocycles. The highest BCUT2D eigenvalue weighted by Gasteiger charge is 2.42. The number of carbonyl (C=O) groups is 3. The number of rotatable bonds is 5. The molecule has 3 aromatic carbocycles. The summed E-state index contributed by atoms with van der Waals surface area (Å²) >= 11 is 6.08. The number of fused-ring (bicyclic) bond motifs is 1. The molecular weight excluding hydrogens is 576 g/mol. The van der Waals surface area contributed by atoms with Crippen molar-refractivity contribution in [1.82, 2.24) is 4.90 Å². The third-order valence-corrected chi connectivity index (χ3v) is 9.03. The average Bonchev–Trinajstić information content (AvgIpc) is 3.15. The number of amides is 1. The first-order valence-electron chi connectivity index (χ1n) is 15.0. The third-order valence-electron chi connectivity index (χ3n) is 8.78. The van der Waals surface area contributed by atoms with Crippen molar-refractivity contribution in [3.05, 3.63) is 100 Å². The Morgan fingerprint density at radius 3 is 2.30 bits per heavy atom. The Labute approximate surface area is 263 Å². The van der Waals surface area contributed by atoms with Crippen LogP contribution in [0.4, 0.5) is 17.1 Å². The van der Waals surface area contributed by atoms with Crippen LogP contribution in [0.15, 0.2) is 84.1 Å². The van der Waals surface area contributed by atoms with E-state index in [9.17, 15) is 14.4 Å². The summed E-state index contributed by atoms with van der Waals surface area (Å²) in [6.45, 7) is 6.93. The number of esters is 1. The molecule has 1 unspecified atom stereocenters. The summed E-state index contributed by atoms with van der Waals surface area (Å²) in [4.78, 5) is 46.5. The van der Waals surface area contributed by atoms with E-state index in [1.807, 2.05) is 65.6 Å². The number of ketones is 1. The number of anilines is 3. The molecule has 2 aliphatic heterocycles. The van der Waals surface area contributed by atoms with Gasteiger partial charge in [-0.15, -0.1) is 0 Å². The molecule has 1 saturated heterocycles. The summed E-state index contributed by atoms with van der Waals surface area (Å²) in [5.74, 6) is -0.364. The number of hydrogen-bond donors (Lipinski definition) is 1. The van der Waals surface area contributed by atoms with Crippen LogP contribution in [0, 0.1) is 5.41 Å². The summed E-state index contributed by atoms with van der Waals surface area (Å²) in [5.41, 5.74) is 5.40. The van der Waals surface area contributed by atoms with Crippen LogP contribution in [0.5, 0.6) is 0 Å². The van der Waals surface area contributed by atoms with Gasteiger partial charge in [-0.2, -0.15) is 0 Å². The van der Waals surface area contributed by atoms with Gasteiger partial charge in [0.15, 0.2) is 5.78 Å². The second kappa shape index (κ2) is 12.0. The lowest BCUT2D eigenvalue weighted by Crippen LogP contribution is -2.52. The molecule has 1 fully saturated rings. The maximum Gasteiger partial charge on any atom is 0.337 e. The summed E-state index contributed by atoms with van der Waals surface area (Å²) in [7, 11) is 1.35. The molecule has 2 heterocycles. The summed E-state index contributed by atoms with van der Waals surface area (Å²) in [6.07, 6.45) is 1.11. The Hall–Kier alpha value is -4.30. The van der Waals surface area contributed by atoms with Crippen LogP contribution in [0.1, 0.15) is 48.7 Å². The smallest absolute Gasteiger partial charge is 0.337 e. The Kier molecular flexibility index (Phi) is 8.12. The van der Waals surface area contributed by atoms with Gasteiger partial charge in [0.25, 0.3) is 0 Å². The predicted octanol–water partition coefficient (Wildman–Crippen LogP) is 6.09. The van der Waals surface area contributed by atoms with Crippen molar-refractivity contribution in [1.29, 1.82) is 0 Å². The number of hydrogen-bond acceptors (Lipinski definition) is 7. The molecule has 0 aromatic heterocycles. The second-order valence-electron chi connectivity index (χ2n) is 12.5. The van der Waals surface area contributed by atoms with E-state index in [-0.39, 0.29) is 23.7 Å². The van der Waals surface area contributed by atoms with Gasteiger partial charge in [0.1, 0.15) is 0 Å². The van der Waals surface area contributed by atoms with Gasteiger partial charge in [0.05, 0.1) is 36.6 Å². The first-order chi connectivity index (χ1) is 21.1. The maximum atomic E-state index is 14.0. The highest BCUT2D eigenvalue weighted by molar-refractivity contribution is 6.30. The van der Waals surface area contributed by atoms with Gasteiger partial charge in [-0.1, -0.05) is 49.7 Å².